The number of carboxylic acids is 1. The summed E-state index contributed by atoms with van der Waals surface area (Å²) in [5.41, 5.74) is 1.16. The van der Waals surface area contributed by atoms with E-state index in [2.05, 4.69) is 5.32 Å². The van der Waals surface area contributed by atoms with Gasteiger partial charge in [-0.05, 0) is 11.6 Å². The summed E-state index contributed by atoms with van der Waals surface area (Å²) in [6.45, 7) is 0. The summed E-state index contributed by atoms with van der Waals surface area (Å²) in [5.74, 6) is -1.54. The van der Waals surface area contributed by atoms with Crippen LogP contribution in [-0.4, -0.2) is 27.6 Å². The lowest BCUT2D eigenvalue weighted by Crippen LogP contribution is -2.42. The Morgan fingerprint density at radius 3 is 2.52 bits per heavy atom. The molecule has 0 aliphatic carbocycles. The largest absolute Gasteiger partial charge is 0.480 e. The van der Waals surface area contributed by atoms with Crippen molar-refractivity contribution >= 4 is 23.5 Å². The van der Waals surface area contributed by atoms with Crippen LogP contribution < -0.4 is 5.32 Å². The highest BCUT2D eigenvalue weighted by atomic mass is 35.5. The number of benzene rings is 1. The van der Waals surface area contributed by atoms with Crippen LogP contribution in [0.15, 0.2) is 42.6 Å². The van der Waals surface area contributed by atoms with Crippen molar-refractivity contribution in [1.82, 2.24) is 9.88 Å². The van der Waals surface area contributed by atoms with Crippen LogP contribution in [0.2, 0.25) is 5.02 Å². The number of aromatic nitrogens is 1. The van der Waals surface area contributed by atoms with E-state index in [4.69, 9.17) is 11.6 Å². The molecule has 0 aliphatic rings. The molecule has 0 saturated heterocycles. The van der Waals surface area contributed by atoms with Gasteiger partial charge in [0.2, 0.25) is 0 Å². The van der Waals surface area contributed by atoms with Crippen LogP contribution in [0.1, 0.15) is 16.1 Å². The first-order valence-electron chi connectivity index (χ1n) is 6.37. The van der Waals surface area contributed by atoms with E-state index in [-0.39, 0.29) is 6.42 Å². The average molecular weight is 307 g/mol. The Morgan fingerprint density at radius 2 is 2.00 bits per heavy atom. The van der Waals surface area contributed by atoms with Crippen molar-refractivity contribution in [2.45, 2.75) is 12.5 Å². The molecule has 0 bridgehead atoms. The van der Waals surface area contributed by atoms with Crippen LogP contribution in [-0.2, 0) is 18.3 Å². The van der Waals surface area contributed by atoms with Crippen molar-refractivity contribution in [3.05, 3.63) is 58.9 Å². The van der Waals surface area contributed by atoms with E-state index in [1.54, 1.807) is 17.8 Å². The van der Waals surface area contributed by atoms with Gasteiger partial charge in [0, 0.05) is 19.7 Å². The predicted octanol–water partition coefficient (Wildman–Crippen LogP) is 2.10. The van der Waals surface area contributed by atoms with Crippen molar-refractivity contribution in [3.8, 4) is 0 Å². The van der Waals surface area contributed by atoms with Crippen molar-refractivity contribution in [1.29, 1.82) is 0 Å². The van der Waals surface area contributed by atoms with Gasteiger partial charge in [0.05, 0.1) is 5.02 Å². The second-order valence-electron chi connectivity index (χ2n) is 4.71. The number of rotatable bonds is 5. The Bertz CT molecular complexity index is 652. The molecule has 0 unspecified atom stereocenters. The van der Waals surface area contributed by atoms with Crippen LogP contribution in [0.5, 0.6) is 0 Å². The Kier molecular flexibility index (Phi) is 4.65. The molecule has 1 amide bonds. The third kappa shape index (κ3) is 3.86. The first kappa shape index (κ1) is 15.1. The fourth-order valence-electron chi connectivity index (χ4n) is 2.03. The molecule has 0 radical (unpaired) electrons. The smallest absolute Gasteiger partial charge is 0.326 e. The van der Waals surface area contributed by atoms with Crippen molar-refractivity contribution in [2.75, 3.05) is 0 Å². The highest BCUT2D eigenvalue weighted by molar-refractivity contribution is 6.31. The van der Waals surface area contributed by atoms with E-state index in [1.165, 1.54) is 6.07 Å². The van der Waals surface area contributed by atoms with Gasteiger partial charge in [0.25, 0.3) is 5.91 Å². The third-order valence-corrected chi connectivity index (χ3v) is 3.30. The molecule has 21 heavy (non-hydrogen) atoms. The minimum Gasteiger partial charge on any atom is -0.480 e. The predicted molar refractivity (Wildman–Crippen MR) is 79.5 cm³/mol. The summed E-state index contributed by atoms with van der Waals surface area (Å²) in [5, 5.41) is 12.2. The van der Waals surface area contributed by atoms with Gasteiger partial charge in [-0.25, -0.2) is 4.79 Å². The maximum Gasteiger partial charge on any atom is 0.326 e. The van der Waals surface area contributed by atoms with Gasteiger partial charge in [0.1, 0.15) is 11.7 Å². The molecule has 0 spiro atoms. The SMILES string of the molecule is Cn1cc(Cl)cc1C(=O)N[C@@H](Cc1ccccc1)C(=O)O. The summed E-state index contributed by atoms with van der Waals surface area (Å²) in [6.07, 6.45) is 1.81. The van der Waals surface area contributed by atoms with E-state index >= 15 is 0 Å². The monoisotopic (exact) mass is 306 g/mol. The van der Waals surface area contributed by atoms with Crippen LogP contribution >= 0.6 is 11.6 Å². The summed E-state index contributed by atoms with van der Waals surface area (Å²) in [6, 6.07) is 9.65. The molecule has 110 valence electrons. The first-order valence-corrected chi connectivity index (χ1v) is 6.74. The molecule has 1 atom stereocenters. The molecule has 1 heterocycles. The number of hydrogen-bond donors (Lipinski definition) is 2. The topological polar surface area (TPSA) is 71.3 Å². The highest BCUT2D eigenvalue weighted by Gasteiger charge is 2.22. The molecule has 0 aliphatic heterocycles. The first-order chi connectivity index (χ1) is 9.97. The minimum atomic E-state index is -1.08. The molecular weight excluding hydrogens is 292 g/mol. The second kappa shape index (κ2) is 6.45. The Labute approximate surface area is 127 Å². The van der Waals surface area contributed by atoms with Crippen molar-refractivity contribution in [2.24, 2.45) is 7.05 Å². The van der Waals surface area contributed by atoms with Crippen molar-refractivity contribution in [3.63, 3.8) is 0 Å². The number of hydrogen-bond acceptors (Lipinski definition) is 2. The molecule has 2 aromatic rings. The van der Waals surface area contributed by atoms with Gasteiger partial charge in [-0.3, -0.25) is 4.79 Å². The number of amides is 1. The Hall–Kier alpha value is -2.27. The van der Waals surface area contributed by atoms with Gasteiger partial charge in [-0.2, -0.15) is 0 Å². The minimum absolute atomic E-state index is 0.222. The van der Waals surface area contributed by atoms with Crippen LogP contribution in [0.3, 0.4) is 0 Å². The highest BCUT2D eigenvalue weighted by Crippen LogP contribution is 2.13. The van der Waals surface area contributed by atoms with E-state index in [9.17, 15) is 14.7 Å². The van der Waals surface area contributed by atoms with Gasteiger partial charge in [0.15, 0.2) is 0 Å². The molecule has 1 aromatic heterocycles. The fraction of sp³-hybridized carbons (Fsp3) is 0.200. The lowest BCUT2D eigenvalue weighted by molar-refractivity contribution is -0.139. The van der Waals surface area contributed by atoms with E-state index < -0.39 is 17.9 Å². The summed E-state index contributed by atoms with van der Waals surface area (Å²) >= 11 is 5.82. The van der Waals surface area contributed by atoms with Crippen LogP contribution in [0.4, 0.5) is 0 Å². The quantitative estimate of drug-likeness (QED) is 0.888. The summed E-state index contributed by atoms with van der Waals surface area (Å²) in [7, 11) is 1.67. The van der Waals surface area contributed by atoms with E-state index in [1.807, 2.05) is 30.3 Å². The molecule has 1 aromatic carbocycles. The number of carbonyl (C=O) groups is 2. The maximum absolute atomic E-state index is 12.1. The second-order valence-corrected chi connectivity index (χ2v) is 5.14. The standard InChI is InChI=1S/C15H15ClN2O3/c1-18-9-11(16)8-13(18)14(19)17-12(15(20)21)7-10-5-3-2-4-6-10/h2-6,8-9,12H,7H2,1H3,(H,17,19)(H,20,21)/t12-/m0/s1. The number of nitrogens with zero attached hydrogens (tertiary/aromatic N) is 1. The van der Waals surface area contributed by atoms with Crippen LogP contribution in [0, 0.1) is 0 Å². The fourth-order valence-corrected chi connectivity index (χ4v) is 2.28. The normalized spacial score (nSPS) is 11.9. The Morgan fingerprint density at radius 1 is 1.33 bits per heavy atom. The average Bonchev–Trinajstić information content (AvgIpc) is 2.78. The number of carbonyl (C=O) groups excluding carboxylic acids is 1. The van der Waals surface area contributed by atoms with Gasteiger partial charge < -0.3 is 15.0 Å². The number of nitrogens with one attached hydrogen (secondary N) is 1. The Balaban J connectivity index is 2.11. The van der Waals surface area contributed by atoms with Gasteiger partial charge in [-0.15, -0.1) is 0 Å². The van der Waals surface area contributed by atoms with Gasteiger partial charge >= 0.3 is 5.97 Å². The van der Waals surface area contributed by atoms with Gasteiger partial charge in [-0.1, -0.05) is 41.9 Å². The molecule has 5 nitrogen and oxygen atoms in total. The lowest BCUT2D eigenvalue weighted by atomic mass is 10.1. The lowest BCUT2D eigenvalue weighted by Gasteiger charge is -2.15. The summed E-state index contributed by atoms with van der Waals surface area (Å²) in [4.78, 5) is 23.4. The zero-order valence-electron chi connectivity index (χ0n) is 11.4. The molecule has 0 saturated carbocycles. The molecule has 2 N–H and O–H groups in total. The number of halogens is 1. The number of carboxylic acid groups (broad SMARTS) is 1. The number of aliphatic carboxylic acids is 1. The molecule has 6 heteroatoms. The van der Waals surface area contributed by atoms with E-state index in [0.29, 0.717) is 10.7 Å². The molecular formula is C15H15ClN2O3. The zero-order chi connectivity index (χ0) is 15.4. The molecule has 2 rings (SSSR count). The number of aryl methyl sites for hydroxylation is 1. The molecule has 0 fully saturated rings. The van der Waals surface area contributed by atoms with E-state index in [0.717, 1.165) is 5.56 Å². The zero-order valence-corrected chi connectivity index (χ0v) is 12.2. The van der Waals surface area contributed by atoms with Crippen molar-refractivity contribution < 1.29 is 14.7 Å². The maximum atomic E-state index is 12.1. The third-order valence-electron chi connectivity index (χ3n) is 3.09. The summed E-state index contributed by atoms with van der Waals surface area (Å²) < 4.78 is 1.55. The van der Waals surface area contributed by atoms with Crippen LogP contribution in [0.25, 0.3) is 0 Å².